The molecule has 1 atom stereocenters. The van der Waals surface area contributed by atoms with Crippen LogP contribution >= 0.6 is 0 Å². The Morgan fingerprint density at radius 2 is 1.72 bits per heavy atom. The first kappa shape index (κ1) is 21.8. The Hall–Kier alpha value is -1.88. The summed E-state index contributed by atoms with van der Waals surface area (Å²) in [7, 11) is 0. The molecule has 1 fully saturated rings. The van der Waals surface area contributed by atoms with Crippen molar-refractivity contribution >= 4 is 0 Å². The van der Waals surface area contributed by atoms with Crippen molar-refractivity contribution in [1.29, 1.82) is 0 Å². The van der Waals surface area contributed by atoms with Gasteiger partial charge in [-0.05, 0) is 41.7 Å². The molecule has 2 aromatic rings. The molecule has 4 nitrogen and oxygen atoms in total. The standard InChI is InChI=1S/C23H30N2O2.C2H6/c26-22(16-25-14-19-7-1-2-8-20(19)15-25)17-27-23-11-5-6-18(12-23)13-24-21-9-3-4-10-21;1-2/h1-2,5-8,11-12,21-22,24,26H,3-4,9-10,13-17H2;1-2H3. The van der Waals surface area contributed by atoms with Crippen LogP contribution in [0, 0.1) is 0 Å². The summed E-state index contributed by atoms with van der Waals surface area (Å²) in [5.74, 6) is 0.837. The number of hydrogen-bond acceptors (Lipinski definition) is 4. The minimum atomic E-state index is -0.486. The van der Waals surface area contributed by atoms with Crippen LogP contribution in [0.2, 0.25) is 0 Å². The number of nitrogens with zero attached hydrogens (tertiary/aromatic N) is 1. The first-order chi connectivity index (χ1) is 14.3. The monoisotopic (exact) mass is 396 g/mol. The van der Waals surface area contributed by atoms with Gasteiger partial charge >= 0.3 is 0 Å². The first-order valence-corrected chi connectivity index (χ1v) is 11.2. The normalized spacial score (nSPS) is 17.5. The van der Waals surface area contributed by atoms with Crippen LogP contribution in [0.25, 0.3) is 0 Å². The first-order valence-electron chi connectivity index (χ1n) is 11.2. The summed E-state index contributed by atoms with van der Waals surface area (Å²) in [4.78, 5) is 2.28. The molecule has 158 valence electrons. The summed E-state index contributed by atoms with van der Waals surface area (Å²) < 4.78 is 5.86. The van der Waals surface area contributed by atoms with Crippen molar-refractivity contribution in [3.05, 3.63) is 65.2 Å². The number of β-amino-alcohol motifs (C(OH)–C–C–N with tert-alkyl or cyclic N) is 1. The predicted octanol–water partition coefficient (Wildman–Crippen LogP) is 4.50. The second kappa shape index (κ2) is 11.3. The van der Waals surface area contributed by atoms with Gasteiger partial charge in [0.2, 0.25) is 0 Å². The largest absolute Gasteiger partial charge is 0.491 e. The number of aliphatic hydroxyl groups is 1. The zero-order valence-corrected chi connectivity index (χ0v) is 17.9. The molecule has 0 amide bonds. The van der Waals surface area contributed by atoms with Crippen molar-refractivity contribution in [2.45, 2.75) is 71.3 Å². The minimum absolute atomic E-state index is 0.326. The molecule has 2 aliphatic rings. The maximum atomic E-state index is 10.4. The molecule has 1 aliphatic heterocycles. The van der Waals surface area contributed by atoms with Gasteiger partial charge in [-0.1, -0.05) is 63.1 Å². The highest BCUT2D eigenvalue weighted by Crippen LogP contribution is 2.22. The molecule has 0 aromatic heterocycles. The molecule has 0 bridgehead atoms. The lowest BCUT2D eigenvalue weighted by Gasteiger charge is -2.20. The third-order valence-corrected chi connectivity index (χ3v) is 5.67. The fraction of sp³-hybridized carbons (Fsp3) is 0.520. The van der Waals surface area contributed by atoms with E-state index >= 15 is 0 Å². The van der Waals surface area contributed by atoms with Crippen LogP contribution in [0.4, 0.5) is 0 Å². The summed E-state index contributed by atoms with van der Waals surface area (Å²) in [6.45, 7) is 7.67. The Morgan fingerprint density at radius 3 is 2.41 bits per heavy atom. The maximum absolute atomic E-state index is 10.4. The zero-order chi connectivity index (χ0) is 20.5. The molecule has 4 rings (SSSR count). The van der Waals surface area contributed by atoms with E-state index in [1.165, 1.54) is 42.4 Å². The van der Waals surface area contributed by atoms with Gasteiger partial charge in [0.15, 0.2) is 0 Å². The van der Waals surface area contributed by atoms with Gasteiger partial charge in [0.25, 0.3) is 0 Å². The number of aliphatic hydroxyl groups excluding tert-OH is 1. The van der Waals surface area contributed by atoms with Crippen LogP contribution in [0.1, 0.15) is 56.2 Å². The van der Waals surface area contributed by atoms with E-state index < -0.39 is 6.10 Å². The Bertz CT molecular complexity index is 718. The highest BCUT2D eigenvalue weighted by atomic mass is 16.5. The van der Waals surface area contributed by atoms with Crippen LogP contribution < -0.4 is 10.1 Å². The minimum Gasteiger partial charge on any atom is -0.491 e. The lowest BCUT2D eigenvalue weighted by molar-refractivity contribution is 0.0672. The van der Waals surface area contributed by atoms with Gasteiger partial charge in [0, 0.05) is 32.2 Å². The van der Waals surface area contributed by atoms with Crippen molar-refractivity contribution in [1.82, 2.24) is 10.2 Å². The molecule has 29 heavy (non-hydrogen) atoms. The molecule has 4 heteroatoms. The lowest BCUT2D eigenvalue weighted by atomic mass is 10.1. The molecule has 0 spiro atoms. The van der Waals surface area contributed by atoms with Crippen molar-refractivity contribution < 1.29 is 9.84 Å². The average molecular weight is 397 g/mol. The average Bonchev–Trinajstić information content (AvgIpc) is 3.42. The van der Waals surface area contributed by atoms with E-state index in [0.29, 0.717) is 19.2 Å². The predicted molar refractivity (Wildman–Crippen MR) is 119 cm³/mol. The van der Waals surface area contributed by atoms with Gasteiger partial charge in [0.05, 0.1) is 0 Å². The van der Waals surface area contributed by atoms with Gasteiger partial charge in [-0.2, -0.15) is 0 Å². The van der Waals surface area contributed by atoms with Crippen LogP contribution in [-0.2, 0) is 19.6 Å². The SMILES string of the molecule is CC.OC(COc1cccc(CNC2CCCC2)c1)CN1Cc2ccccc2C1. The van der Waals surface area contributed by atoms with E-state index in [1.807, 2.05) is 26.0 Å². The quantitative estimate of drug-likeness (QED) is 0.690. The van der Waals surface area contributed by atoms with Crippen LogP contribution in [-0.4, -0.2) is 35.3 Å². The summed E-state index contributed by atoms with van der Waals surface area (Å²) in [6.07, 6.45) is 4.80. The fourth-order valence-electron chi connectivity index (χ4n) is 4.21. The Kier molecular flexibility index (Phi) is 8.53. The number of ether oxygens (including phenoxy) is 1. The third kappa shape index (κ3) is 6.56. The molecule has 2 N–H and O–H groups in total. The summed E-state index contributed by atoms with van der Waals surface area (Å²) in [6, 6.07) is 17.4. The number of nitrogens with one attached hydrogen (secondary N) is 1. The molecule has 1 unspecified atom stereocenters. The number of rotatable bonds is 8. The van der Waals surface area contributed by atoms with Crippen molar-refractivity contribution in [2.75, 3.05) is 13.2 Å². The Morgan fingerprint density at radius 1 is 1.03 bits per heavy atom. The Labute approximate surface area is 175 Å². The molecular weight excluding hydrogens is 360 g/mol. The summed E-state index contributed by atoms with van der Waals surface area (Å²) in [5, 5.41) is 14.0. The molecule has 1 aliphatic carbocycles. The number of benzene rings is 2. The fourth-order valence-corrected chi connectivity index (χ4v) is 4.21. The number of fused-ring (bicyclic) bond motifs is 1. The second-order valence-corrected chi connectivity index (χ2v) is 7.91. The van der Waals surface area contributed by atoms with Gasteiger partial charge < -0.3 is 15.2 Å². The molecule has 0 radical (unpaired) electrons. The molecule has 1 saturated carbocycles. The van der Waals surface area contributed by atoms with E-state index in [1.54, 1.807) is 0 Å². The van der Waals surface area contributed by atoms with Crippen molar-refractivity contribution in [3.63, 3.8) is 0 Å². The smallest absolute Gasteiger partial charge is 0.119 e. The van der Waals surface area contributed by atoms with E-state index in [9.17, 15) is 5.11 Å². The van der Waals surface area contributed by atoms with Gasteiger partial charge in [0.1, 0.15) is 18.5 Å². The van der Waals surface area contributed by atoms with E-state index in [0.717, 1.165) is 25.4 Å². The molecule has 0 saturated heterocycles. The number of hydrogen-bond donors (Lipinski definition) is 2. The second-order valence-electron chi connectivity index (χ2n) is 7.91. The van der Waals surface area contributed by atoms with Crippen LogP contribution in [0.5, 0.6) is 5.75 Å². The summed E-state index contributed by atoms with van der Waals surface area (Å²) >= 11 is 0. The zero-order valence-electron chi connectivity index (χ0n) is 17.9. The highest BCUT2D eigenvalue weighted by Gasteiger charge is 2.21. The molecule has 1 heterocycles. The van der Waals surface area contributed by atoms with Crippen molar-refractivity contribution in [3.8, 4) is 5.75 Å². The van der Waals surface area contributed by atoms with E-state index in [-0.39, 0.29) is 0 Å². The lowest BCUT2D eigenvalue weighted by Crippen LogP contribution is -2.32. The van der Waals surface area contributed by atoms with Gasteiger partial charge in [-0.3, -0.25) is 4.90 Å². The van der Waals surface area contributed by atoms with Crippen LogP contribution in [0.3, 0.4) is 0 Å². The molecule has 2 aromatic carbocycles. The third-order valence-electron chi connectivity index (χ3n) is 5.67. The van der Waals surface area contributed by atoms with E-state index in [4.69, 9.17) is 4.74 Å². The maximum Gasteiger partial charge on any atom is 0.119 e. The van der Waals surface area contributed by atoms with E-state index in [2.05, 4.69) is 46.6 Å². The summed E-state index contributed by atoms with van der Waals surface area (Å²) in [5.41, 5.74) is 3.98. The topological polar surface area (TPSA) is 44.7 Å². The van der Waals surface area contributed by atoms with Gasteiger partial charge in [-0.25, -0.2) is 0 Å². The van der Waals surface area contributed by atoms with Crippen molar-refractivity contribution in [2.24, 2.45) is 0 Å². The van der Waals surface area contributed by atoms with Gasteiger partial charge in [-0.15, -0.1) is 0 Å². The van der Waals surface area contributed by atoms with Crippen LogP contribution in [0.15, 0.2) is 48.5 Å². The highest BCUT2D eigenvalue weighted by molar-refractivity contribution is 5.30. The Balaban J connectivity index is 0.00000117. The molecular formula is C25H36N2O2.